The monoisotopic (exact) mass is 645 g/mol. The van der Waals surface area contributed by atoms with Gasteiger partial charge in [-0.25, -0.2) is 0 Å². The number of pyridine rings is 1. The van der Waals surface area contributed by atoms with E-state index in [0.29, 0.717) is 34.8 Å². The lowest BCUT2D eigenvalue weighted by atomic mass is 9.98. The number of hydrogen-bond donors (Lipinski definition) is 1. The van der Waals surface area contributed by atoms with Gasteiger partial charge in [0, 0.05) is 54.8 Å². The first-order valence-corrected chi connectivity index (χ1v) is 15.4. The quantitative estimate of drug-likeness (QED) is 0.122. The van der Waals surface area contributed by atoms with Gasteiger partial charge in [-0.05, 0) is 49.1 Å². The lowest BCUT2D eigenvalue weighted by Crippen LogP contribution is -2.24. The van der Waals surface area contributed by atoms with Gasteiger partial charge in [0.25, 0.3) is 0 Å². The van der Waals surface area contributed by atoms with Crippen LogP contribution in [0.15, 0.2) is 67.0 Å². The molecule has 10 heteroatoms. The second kappa shape index (κ2) is 15.2. The molecule has 1 saturated heterocycles. The SMILES string of the molecule is Cc1c(OCCCN2CCC(O)C2)cccc1-c1cccc(COc2cc(OCc3cncc(C#N)c3)c(C=O)cc2Cl)c1Cl. The van der Waals surface area contributed by atoms with Crippen molar-refractivity contribution in [1.29, 1.82) is 5.26 Å². The van der Waals surface area contributed by atoms with E-state index in [4.69, 9.17) is 42.7 Å². The van der Waals surface area contributed by atoms with Gasteiger partial charge in [0.05, 0.1) is 33.9 Å². The fourth-order valence-electron chi connectivity index (χ4n) is 5.27. The minimum absolute atomic E-state index is 0.100. The zero-order valence-corrected chi connectivity index (χ0v) is 26.4. The van der Waals surface area contributed by atoms with Crippen molar-refractivity contribution < 1.29 is 24.1 Å². The van der Waals surface area contributed by atoms with Crippen LogP contribution in [-0.2, 0) is 13.2 Å². The number of β-amino-alcohol motifs (C(OH)–C–C–N with tert-alkyl or cyclic N) is 1. The molecule has 8 nitrogen and oxygen atoms in total. The Balaban J connectivity index is 1.26. The van der Waals surface area contributed by atoms with Gasteiger partial charge in [0.2, 0.25) is 0 Å². The minimum Gasteiger partial charge on any atom is -0.493 e. The molecule has 232 valence electrons. The summed E-state index contributed by atoms with van der Waals surface area (Å²) in [5, 5.41) is 19.7. The zero-order valence-electron chi connectivity index (χ0n) is 24.8. The number of carbonyl (C=O) groups excluding carboxylic acids is 1. The van der Waals surface area contributed by atoms with E-state index in [9.17, 15) is 9.90 Å². The van der Waals surface area contributed by atoms with E-state index in [-0.39, 0.29) is 35.7 Å². The summed E-state index contributed by atoms with van der Waals surface area (Å²) in [6.07, 6.45) is 5.21. The number of aldehydes is 1. The van der Waals surface area contributed by atoms with Crippen molar-refractivity contribution in [3.8, 4) is 34.4 Å². The summed E-state index contributed by atoms with van der Waals surface area (Å²) in [5.41, 5.74) is 4.91. The summed E-state index contributed by atoms with van der Waals surface area (Å²) in [6.45, 7) is 5.38. The molecule has 4 aromatic rings. The topological polar surface area (TPSA) is 105 Å². The van der Waals surface area contributed by atoms with Crippen molar-refractivity contribution in [3.63, 3.8) is 0 Å². The predicted octanol–water partition coefficient (Wildman–Crippen LogP) is 7.04. The van der Waals surface area contributed by atoms with Gasteiger partial charge in [-0.3, -0.25) is 9.78 Å². The molecule has 0 bridgehead atoms. The summed E-state index contributed by atoms with van der Waals surface area (Å²) in [7, 11) is 0. The van der Waals surface area contributed by atoms with Gasteiger partial charge in [0.15, 0.2) is 6.29 Å². The van der Waals surface area contributed by atoms with Gasteiger partial charge in [-0.15, -0.1) is 0 Å². The number of carbonyl (C=O) groups is 1. The Kier molecular flexibility index (Phi) is 10.9. The number of ether oxygens (including phenoxy) is 3. The maximum atomic E-state index is 11.7. The number of hydrogen-bond acceptors (Lipinski definition) is 8. The Morgan fingerprint density at radius 1 is 1.02 bits per heavy atom. The molecular weight excluding hydrogens is 613 g/mol. The van der Waals surface area contributed by atoms with Crippen molar-refractivity contribution >= 4 is 29.5 Å². The third-order valence-corrected chi connectivity index (χ3v) is 8.41. The molecule has 1 N–H and O–H groups in total. The maximum absolute atomic E-state index is 11.7. The first-order valence-electron chi connectivity index (χ1n) is 14.6. The van der Waals surface area contributed by atoms with Crippen LogP contribution in [0.25, 0.3) is 11.1 Å². The number of aromatic nitrogens is 1. The van der Waals surface area contributed by atoms with E-state index in [2.05, 4.69) is 9.88 Å². The Bertz CT molecular complexity index is 1710. The largest absolute Gasteiger partial charge is 0.493 e. The highest BCUT2D eigenvalue weighted by atomic mass is 35.5. The molecule has 2 heterocycles. The molecule has 0 saturated carbocycles. The minimum atomic E-state index is -0.217. The summed E-state index contributed by atoms with van der Waals surface area (Å²) >= 11 is 13.4. The van der Waals surface area contributed by atoms with Gasteiger partial charge >= 0.3 is 0 Å². The number of halogens is 2. The molecule has 0 radical (unpaired) electrons. The number of nitrogens with zero attached hydrogens (tertiary/aromatic N) is 3. The van der Waals surface area contributed by atoms with Gasteiger partial charge < -0.3 is 24.2 Å². The molecule has 45 heavy (non-hydrogen) atoms. The smallest absolute Gasteiger partial charge is 0.153 e. The summed E-state index contributed by atoms with van der Waals surface area (Å²) in [6, 6.07) is 18.5. The molecule has 0 aliphatic carbocycles. The molecule has 3 aromatic carbocycles. The van der Waals surface area contributed by atoms with Gasteiger partial charge in [-0.1, -0.05) is 53.5 Å². The highest BCUT2D eigenvalue weighted by Crippen LogP contribution is 2.38. The standard InChI is InChI=1S/C35H33Cl2N3O5/c1-23-29(6-3-8-32(23)43-12-4-10-40-11-9-28(42)19-40)30-7-2-5-26(35(30)37)22-45-34-15-33(27(20-41)14-31(34)36)44-21-25-13-24(16-38)17-39-18-25/h2-3,5-8,13-15,17-18,20,28,42H,4,9-12,19,21-22H2,1H3. The Hall–Kier alpha value is -4.13. The van der Waals surface area contributed by atoms with Crippen molar-refractivity contribution in [1.82, 2.24) is 9.88 Å². The fourth-order valence-corrected chi connectivity index (χ4v) is 5.78. The second-order valence-corrected chi connectivity index (χ2v) is 11.6. The van der Waals surface area contributed by atoms with E-state index in [1.54, 1.807) is 18.3 Å². The van der Waals surface area contributed by atoms with Crippen LogP contribution in [0, 0.1) is 18.3 Å². The molecule has 0 spiro atoms. The van der Waals surface area contributed by atoms with E-state index < -0.39 is 0 Å². The molecule has 0 amide bonds. The third kappa shape index (κ3) is 8.13. The summed E-state index contributed by atoms with van der Waals surface area (Å²) < 4.78 is 18.1. The Morgan fingerprint density at radius 3 is 2.60 bits per heavy atom. The molecule has 1 aliphatic heterocycles. The van der Waals surface area contributed by atoms with Crippen LogP contribution in [0.5, 0.6) is 17.2 Å². The molecule has 1 aliphatic rings. The number of rotatable bonds is 13. The molecular formula is C35H33Cl2N3O5. The fraction of sp³-hybridized carbons (Fsp3) is 0.286. The molecule has 1 fully saturated rings. The Morgan fingerprint density at radius 2 is 1.82 bits per heavy atom. The number of benzene rings is 3. The highest BCUT2D eigenvalue weighted by Gasteiger charge is 2.20. The highest BCUT2D eigenvalue weighted by molar-refractivity contribution is 6.34. The molecule has 1 unspecified atom stereocenters. The van der Waals surface area contributed by atoms with E-state index in [1.165, 1.54) is 12.3 Å². The Labute approximate surface area is 272 Å². The first kappa shape index (κ1) is 32.3. The number of aliphatic hydroxyl groups excluding tert-OH is 1. The second-order valence-electron chi connectivity index (χ2n) is 10.9. The van der Waals surface area contributed by atoms with Gasteiger partial charge in [0.1, 0.15) is 36.5 Å². The first-order chi connectivity index (χ1) is 21.9. The van der Waals surface area contributed by atoms with Crippen molar-refractivity contribution in [2.75, 3.05) is 26.2 Å². The number of aliphatic hydroxyl groups is 1. The normalized spacial score (nSPS) is 14.6. The van der Waals surface area contributed by atoms with Crippen molar-refractivity contribution in [2.24, 2.45) is 0 Å². The summed E-state index contributed by atoms with van der Waals surface area (Å²) in [4.78, 5) is 18.0. The zero-order chi connectivity index (χ0) is 31.8. The maximum Gasteiger partial charge on any atom is 0.153 e. The van der Waals surface area contributed by atoms with Crippen molar-refractivity contribution in [2.45, 2.75) is 39.1 Å². The van der Waals surface area contributed by atoms with Crippen molar-refractivity contribution in [3.05, 3.63) is 105 Å². The van der Waals surface area contributed by atoms with Gasteiger partial charge in [-0.2, -0.15) is 5.26 Å². The van der Waals surface area contributed by atoms with Crippen LogP contribution >= 0.6 is 23.2 Å². The van der Waals surface area contributed by atoms with Crippen LogP contribution in [0.4, 0.5) is 0 Å². The number of nitriles is 1. The number of likely N-dealkylation sites (tertiary alicyclic amines) is 1. The van der Waals surface area contributed by atoms with Crippen LogP contribution < -0.4 is 14.2 Å². The molecule has 5 rings (SSSR count). The molecule has 1 aromatic heterocycles. The van der Waals surface area contributed by atoms with Crippen LogP contribution in [0.1, 0.15) is 45.5 Å². The van der Waals surface area contributed by atoms with Crippen LogP contribution in [0.2, 0.25) is 10.0 Å². The van der Waals surface area contributed by atoms with E-state index >= 15 is 0 Å². The third-order valence-electron chi connectivity index (χ3n) is 7.67. The predicted molar refractivity (Wildman–Crippen MR) is 173 cm³/mol. The lowest BCUT2D eigenvalue weighted by molar-refractivity contribution is 0.111. The van der Waals surface area contributed by atoms with E-state index in [1.807, 2.05) is 49.4 Å². The average molecular weight is 647 g/mol. The van der Waals surface area contributed by atoms with Crippen LogP contribution in [-0.4, -0.2) is 53.6 Å². The van der Waals surface area contributed by atoms with E-state index in [0.717, 1.165) is 60.5 Å². The van der Waals surface area contributed by atoms with Crippen LogP contribution in [0.3, 0.4) is 0 Å². The lowest BCUT2D eigenvalue weighted by Gasteiger charge is -2.17. The average Bonchev–Trinajstić information content (AvgIpc) is 3.47. The molecule has 1 atom stereocenters. The summed E-state index contributed by atoms with van der Waals surface area (Å²) in [5.74, 6) is 1.42.